The summed E-state index contributed by atoms with van der Waals surface area (Å²) in [4.78, 5) is 15.6. The predicted molar refractivity (Wildman–Crippen MR) is 75.6 cm³/mol. The van der Waals surface area contributed by atoms with Crippen molar-refractivity contribution in [3.8, 4) is 0 Å². The number of aliphatic carboxylic acids is 1. The van der Waals surface area contributed by atoms with Crippen LogP contribution in [-0.2, 0) is 17.6 Å². The first-order chi connectivity index (χ1) is 9.65. The van der Waals surface area contributed by atoms with Gasteiger partial charge in [0.05, 0.1) is 12.5 Å². The Balaban J connectivity index is 2.46. The Morgan fingerprint density at radius 3 is 2.50 bits per heavy atom. The molecule has 0 saturated heterocycles. The first-order valence-corrected chi connectivity index (χ1v) is 6.86. The van der Waals surface area contributed by atoms with Gasteiger partial charge < -0.3 is 5.11 Å². The fourth-order valence-corrected chi connectivity index (χ4v) is 2.23. The maximum Gasteiger partial charge on any atom is 0.305 e. The average molecular weight is 273 g/mol. The minimum absolute atomic E-state index is 0.00350. The molecule has 0 bridgehead atoms. The number of aromatic nitrogens is 3. The number of carboxylic acid groups (broad SMARTS) is 1. The van der Waals surface area contributed by atoms with Crippen molar-refractivity contribution in [3.05, 3.63) is 47.5 Å². The van der Waals surface area contributed by atoms with E-state index in [1.54, 1.807) is 4.68 Å². The van der Waals surface area contributed by atoms with Crippen molar-refractivity contribution < 1.29 is 9.90 Å². The number of nitrogens with zero attached hydrogens (tertiary/aromatic N) is 3. The fraction of sp³-hybridized carbons (Fsp3) is 0.400. The van der Waals surface area contributed by atoms with Crippen LogP contribution in [0.5, 0.6) is 0 Å². The molecule has 2 rings (SSSR count). The smallest absolute Gasteiger partial charge is 0.305 e. The van der Waals surface area contributed by atoms with E-state index in [9.17, 15) is 9.90 Å². The lowest BCUT2D eigenvalue weighted by molar-refractivity contribution is -0.137. The van der Waals surface area contributed by atoms with Gasteiger partial charge in [0.1, 0.15) is 5.82 Å². The standard InChI is InChI=1S/C15H19N3O2/c1-3-13-16-14(4-2)18(17-13)12(10-15(19)20)11-8-6-5-7-9-11/h5-9,12H,3-4,10H2,1-2H3,(H,19,20). The number of rotatable bonds is 6. The summed E-state index contributed by atoms with van der Waals surface area (Å²) in [6.07, 6.45) is 1.48. The summed E-state index contributed by atoms with van der Waals surface area (Å²) in [7, 11) is 0. The van der Waals surface area contributed by atoms with E-state index in [0.29, 0.717) is 0 Å². The predicted octanol–water partition coefficient (Wildman–Crippen LogP) is 2.47. The van der Waals surface area contributed by atoms with Crippen LogP contribution in [0.4, 0.5) is 0 Å². The highest BCUT2D eigenvalue weighted by Gasteiger charge is 2.22. The SMILES string of the molecule is CCc1nc(CC)n(C(CC(=O)O)c2ccccc2)n1. The summed E-state index contributed by atoms with van der Waals surface area (Å²) in [5, 5.41) is 13.6. The normalized spacial score (nSPS) is 12.3. The molecule has 106 valence electrons. The van der Waals surface area contributed by atoms with Gasteiger partial charge in [-0.05, 0) is 5.56 Å². The lowest BCUT2D eigenvalue weighted by Gasteiger charge is -2.17. The molecule has 5 nitrogen and oxygen atoms in total. The first kappa shape index (κ1) is 14.2. The molecule has 0 amide bonds. The van der Waals surface area contributed by atoms with Crippen LogP contribution >= 0.6 is 0 Å². The Morgan fingerprint density at radius 1 is 1.25 bits per heavy atom. The molecule has 0 aliphatic heterocycles. The Hall–Kier alpha value is -2.17. The highest BCUT2D eigenvalue weighted by atomic mass is 16.4. The van der Waals surface area contributed by atoms with Crippen molar-refractivity contribution in [2.45, 2.75) is 39.2 Å². The van der Waals surface area contributed by atoms with Gasteiger partial charge in [0.2, 0.25) is 0 Å². The molecule has 0 aliphatic carbocycles. The van der Waals surface area contributed by atoms with E-state index in [0.717, 1.165) is 30.1 Å². The maximum atomic E-state index is 11.2. The third kappa shape index (κ3) is 3.04. The molecule has 0 radical (unpaired) electrons. The van der Waals surface area contributed by atoms with E-state index in [1.807, 2.05) is 44.2 Å². The molecular weight excluding hydrogens is 254 g/mol. The first-order valence-electron chi connectivity index (χ1n) is 6.86. The van der Waals surface area contributed by atoms with Gasteiger partial charge in [-0.2, -0.15) is 5.10 Å². The quantitative estimate of drug-likeness (QED) is 0.878. The minimum atomic E-state index is -0.838. The summed E-state index contributed by atoms with van der Waals surface area (Å²) in [6.45, 7) is 4.00. The molecule has 1 aromatic heterocycles. The minimum Gasteiger partial charge on any atom is -0.481 e. The molecule has 1 unspecified atom stereocenters. The lowest BCUT2D eigenvalue weighted by atomic mass is 10.0. The molecule has 1 aromatic carbocycles. The molecule has 0 aliphatic rings. The Labute approximate surface area is 118 Å². The summed E-state index contributed by atoms with van der Waals surface area (Å²) in [5.41, 5.74) is 0.942. The fourth-order valence-electron chi connectivity index (χ4n) is 2.23. The number of carboxylic acids is 1. The zero-order chi connectivity index (χ0) is 14.5. The molecular formula is C15H19N3O2. The number of aryl methyl sites for hydroxylation is 2. The van der Waals surface area contributed by atoms with E-state index in [-0.39, 0.29) is 12.5 Å². The maximum absolute atomic E-state index is 11.2. The Morgan fingerprint density at radius 2 is 1.95 bits per heavy atom. The van der Waals surface area contributed by atoms with Gasteiger partial charge in [0, 0.05) is 12.8 Å². The second-order valence-corrected chi connectivity index (χ2v) is 4.62. The van der Waals surface area contributed by atoms with Crippen molar-refractivity contribution in [2.75, 3.05) is 0 Å². The van der Waals surface area contributed by atoms with Crippen molar-refractivity contribution in [3.63, 3.8) is 0 Å². The molecule has 1 atom stereocenters. The van der Waals surface area contributed by atoms with Gasteiger partial charge in [-0.25, -0.2) is 9.67 Å². The van der Waals surface area contributed by atoms with Crippen LogP contribution in [0.1, 0.15) is 43.5 Å². The molecule has 0 spiro atoms. The molecule has 20 heavy (non-hydrogen) atoms. The molecule has 2 aromatic rings. The largest absolute Gasteiger partial charge is 0.481 e. The number of hydrogen-bond donors (Lipinski definition) is 1. The number of benzene rings is 1. The average Bonchev–Trinajstić information content (AvgIpc) is 2.88. The van der Waals surface area contributed by atoms with Gasteiger partial charge in [-0.15, -0.1) is 0 Å². The van der Waals surface area contributed by atoms with E-state index >= 15 is 0 Å². The van der Waals surface area contributed by atoms with Crippen molar-refractivity contribution in [1.82, 2.24) is 14.8 Å². The third-order valence-electron chi connectivity index (χ3n) is 3.23. The zero-order valence-electron chi connectivity index (χ0n) is 11.8. The Bertz CT molecular complexity index is 578. The topological polar surface area (TPSA) is 68.0 Å². The van der Waals surface area contributed by atoms with Crippen LogP contribution in [0.15, 0.2) is 30.3 Å². The second kappa shape index (κ2) is 6.32. The van der Waals surface area contributed by atoms with Crippen LogP contribution in [0.25, 0.3) is 0 Å². The molecule has 1 N–H and O–H groups in total. The highest BCUT2D eigenvalue weighted by molar-refractivity contribution is 5.68. The summed E-state index contributed by atoms with van der Waals surface area (Å²) in [5.74, 6) is 0.750. The monoisotopic (exact) mass is 273 g/mol. The van der Waals surface area contributed by atoms with Gasteiger partial charge in [0.25, 0.3) is 0 Å². The van der Waals surface area contributed by atoms with Crippen molar-refractivity contribution in [2.24, 2.45) is 0 Å². The summed E-state index contributed by atoms with van der Waals surface area (Å²) >= 11 is 0. The summed E-state index contributed by atoms with van der Waals surface area (Å²) < 4.78 is 1.77. The van der Waals surface area contributed by atoms with E-state index in [1.165, 1.54) is 0 Å². The van der Waals surface area contributed by atoms with Gasteiger partial charge >= 0.3 is 5.97 Å². The molecule has 1 heterocycles. The third-order valence-corrected chi connectivity index (χ3v) is 3.23. The van der Waals surface area contributed by atoms with Crippen LogP contribution in [0.2, 0.25) is 0 Å². The van der Waals surface area contributed by atoms with E-state index in [4.69, 9.17) is 0 Å². The van der Waals surface area contributed by atoms with E-state index < -0.39 is 5.97 Å². The van der Waals surface area contributed by atoms with Crippen LogP contribution < -0.4 is 0 Å². The van der Waals surface area contributed by atoms with Crippen molar-refractivity contribution >= 4 is 5.97 Å². The van der Waals surface area contributed by atoms with Gasteiger partial charge in [-0.1, -0.05) is 44.2 Å². The second-order valence-electron chi connectivity index (χ2n) is 4.62. The molecule has 0 fully saturated rings. The Kier molecular flexibility index (Phi) is 4.50. The molecule has 0 saturated carbocycles. The van der Waals surface area contributed by atoms with Crippen LogP contribution in [0.3, 0.4) is 0 Å². The van der Waals surface area contributed by atoms with Gasteiger partial charge in [0.15, 0.2) is 5.82 Å². The van der Waals surface area contributed by atoms with E-state index in [2.05, 4.69) is 10.1 Å². The highest BCUT2D eigenvalue weighted by Crippen LogP contribution is 2.23. The molecule has 5 heteroatoms. The summed E-state index contributed by atoms with van der Waals surface area (Å²) in [6, 6.07) is 9.29. The zero-order valence-corrected chi connectivity index (χ0v) is 11.8. The van der Waals surface area contributed by atoms with Crippen molar-refractivity contribution in [1.29, 1.82) is 0 Å². The number of hydrogen-bond acceptors (Lipinski definition) is 3. The van der Waals surface area contributed by atoms with Crippen LogP contribution in [-0.4, -0.2) is 25.8 Å². The van der Waals surface area contributed by atoms with Crippen LogP contribution in [0, 0.1) is 0 Å². The van der Waals surface area contributed by atoms with Gasteiger partial charge in [-0.3, -0.25) is 4.79 Å². The lowest BCUT2D eigenvalue weighted by Crippen LogP contribution is -2.18. The number of carbonyl (C=O) groups is 1.